The van der Waals surface area contributed by atoms with Gasteiger partial charge in [0, 0.05) is 18.7 Å². The van der Waals surface area contributed by atoms with Crippen LogP contribution in [0.5, 0.6) is 5.75 Å². The molecular formula is C27H28N4O6. The summed E-state index contributed by atoms with van der Waals surface area (Å²) in [6.07, 6.45) is -2.75. The van der Waals surface area contributed by atoms with Crippen LogP contribution in [0.25, 0.3) is 0 Å². The molecule has 0 aromatic heterocycles. The molecule has 1 aliphatic rings. The maximum atomic E-state index is 12.9. The minimum absolute atomic E-state index is 0.156. The Morgan fingerprint density at radius 2 is 1.51 bits per heavy atom. The van der Waals surface area contributed by atoms with Gasteiger partial charge in [0.2, 0.25) is 6.10 Å². The first-order chi connectivity index (χ1) is 17.9. The zero-order valence-corrected chi connectivity index (χ0v) is 20.0. The highest BCUT2D eigenvalue weighted by atomic mass is 16.7. The number of likely N-dealkylation sites (tertiary alicyclic amines) is 1. The summed E-state index contributed by atoms with van der Waals surface area (Å²) in [4.78, 5) is 34.3. The number of hydrogen-bond acceptors (Lipinski definition) is 7. The van der Waals surface area contributed by atoms with Crippen LogP contribution in [0.3, 0.4) is 0 Å². The summed E-state index contributed by atoms with van der Waals surface area (Å²) in [6.45, 7) is 0.480. The Kier molecular flexibility index (Phi) is 8.34. The van der Waals surface area contributed by atoms with Gasteiger partial charge in [-0.2, -0.15) is 0 Å². The molecule has 192 valence electrons. The second-order valence-corrected chi connectivity index (χ2v) is 8.45. The molecule has 0 bridgehead atoms. The molecule has 0 saturated carbocycles. The Labute approximate surface area is 214 Å². The predicted octanol–water partition coefficient (Wildman–Crippen LogP) is 2.72. The molecule has 4 rings (SSSR count). The van der Waals surface area contributed by atoms with Crippen LogP contribution in [0.4, 0.5) is 4.79 Å². The van der Waals surface area contributed by atoms with E-state index in [-0.39, 0.29) is 12.6 Å². The maximum Gasteiger partial charge on any atom is 0.407 e. The van der Waals surface area contributed by atoms with Gasteiger partial charge in [-0.15, -0.1) is 0 Å². The smallest absolute Gasteiger partial charge is 0.407 e. The van der Waals surface area contributed by atoms with Gasteiger partial charge >= 0.3 is 12.1 Å². The van der Waals surface area contributed by atoms with E-state index in [0.29, 0.717) is 30.2 Å². The first kappa shape index (κ1) is 25.7. The molecule has 1 saturated heterocycles. The Hall–Kier alpha value is -4.41. The fourth-order valence-electron chi connectivity index (χ4n) is 3.80. The SMILES string of the molecule is NO[C@@H](COc1ccc(C(N)=NC2CN(C(=O)O)C2)cc1)C(=O)OC(c1ccccc1)c1ccccc1. The highest BCUT2D eigenvalue weighted by Crippen LogP contribution is 2.26. The van der Waals surface area contributed by atoms with E-state index in [1.54, 1.807) is 24.3 Å². The number of ether oxygens (including phenoxy) is 2. The van der Waals surface area contributed by atoms with Crippen molar-refractivity contribution >= 4 is 17.9 Å². The van der Waals surface area contributed by atoms with Gasteiger partial charge in [0.15, 0.2) is 6.10 Å². The molecule has 1 fully saturated rings. The first-order valence-electron chi connectivity index (χ1n) is 11.6. The highest BCUT2D eigenvalue weighted by Gasteiger charge is 2.30. The largest absolute Gasteiger partial charge is 0.490 e. The van der Waals surface area contributed by atoms with Gasteiger partial charge in [-0.1, -0.05) is 60.7 Å². The Morgan fingerprint density at radius 3 is 2.03 bits per heavy atom. The fraction of sp³-hybridized carbons (Fsp3) is 0.222. The zero-order valence-electron chi connectivity index (χ0n) is 20.0. The number of amides is 1. The maximum absolute atomic E-state index is 12.9. The molecule has 1 amide bonds. The summed E-state index contributed by atoms with van der Waals surface area (Å²) in [6, 6.07) is 25.4. The second-order valence-electron chi connectivity index (χ2n) is 8.45. The van der Waals surface area contributed by atoms with Crippen LogP contribution in [-0.4, -0.2) is 59.7 Å². The van der Waals surface area contributed by atoms with Gasteiger partial charge in [-0.25, -0.2) is 15.5 Å². The third kappa shape index (κ3) is 6.63. The topological polar surface area (TPSA) is 150 Å². The highest BCUT2D eigenvalue weighted by molar-refractivity contribution is 5.97. The average Bonchev–Trinajstić information content (AvgIpc) is 2.90. The van der Waals surface area contributed by atoms with E-state index in [0.717, 1.165) is 11.1 Å². The van der Waals surface area contributed by atoms with Gasteiger partial charge in [0.05, 0.1) is 6.04 Å². The van der Waals surface area contributed by atoms with Crippen molar-refractivity contribution in [2.75, 3.05) is 19.7 Å². The van der Waals surface area contributed by atoms with Crippen molar-refractivity contribution in [3.05, 3.63) is 102 Å². The van der Waals surface area contributed by atoms with E-state index in [2.05, 4.69) is 4.99 Å². The first-order valence-corrected chi connectivity index (χ1v) is 11.6. The van der Waals surface area contributed by atoms with Crippen LogP contribution < -0.4 is 16.4 Å². The zero-order chi connectivity index (χ0) is 26.2. The normalized spacial score (nSPS) is 14.6. The lowest BCUT2D eigenvalue weighted by molar-refractivity contribution is -0.163. The molecule has 1 atom stereocenters. The molecule has 0 unspecified atom stereocenters. The van der Waals surface area contributed by atoms with E-state index in [4.69, 9.17) is 31.0 Å². The number of carboxylic acid groups (broad SMARTS) is 1. The van der Waals surface area contributed by atoms with Crippen LogP contribution in [0.2, 0.25) is 0 Å². The Balaban J connectivity index is 1.35. The molecule has 0 radical (unpaired) electrons. The number of aliphatic imine (C=N–C) groups is 1. The van der Waals surface area contributed by atoms with E-state index in [1.165, 1.54) is 4.90 Å². The third-order valence-corrected chi connectivity index (χ3v) is 5.87. The van der Waals surface area contributed by atoms with Gasteiger partial charge in [0.25, 0.3) is 0 Å². The number of carbonyl (C=O) groups is 2. The number of nitrogens with zero attached hydrogens (tertiary/aromatic N) is 2. The average molecular weight is 505 g/mol. The van der Waals surface area contributed by atoms with Crippen LogP contribution >= 0.6 is 0 Å². The molecule has 0 aliphatic carbocycles. The lowest BCUT2D eigenvalue weighted by Gasteiger charge is -2.34. The van der Waals surface area contributed by atoms with E-state index in [9.17, 15) is 9.59 Å². The number of hydrogen-bond donors (Lipinski definition) is 3. The Morgan fingerprint density at radius 1 is 0.946 bits per heavy atom. The molecule has 3 aromatic rings. The van der Waals surface area contributed by atoms with Crippen molar-refractivity contribution in [2.24, 2.45) is 16.6 Å². The van der Waals surface area contributed by atoms with Crippen LogP contribution in [0.1, 0.15) is 22.8 Å². The minimum Gasteiger partial charge on any atom is -0.490 e. The van der Waals surface area contributed by atoms with Gasteiger partial charge in [0.1, 0.15) is 18.2 Å². The molecule has 37 heavy (non-hydrogen) atoms. The Bertz CT molecular complexity index is 1180. The lowest BCUT2D eigenvalue weighted by Crippen LogP contribution is -2.52. The lowest BCUT2D eigenvalue weighted by atomic mass is 10.0. The van der Waals surface area contributed by atoms with Gasteiger partial charge in [-0.3, -0.25) is 9.83 Å². The molecule has 3 aromatic carbocycles. The number of rotatable bonds is 10. The quantitative estimate of drug-likeness (QED) is 0.165. The molecule has 10 heteroatoms. The predicted molar refractivity (Wildman–Crippen MR) is 136 cm³/mol. The molecule has 1 aliphatic heterocycles. The molecule has 1 heterocycles. The molecule has 5 N–H and O–H groups in total. The number of benzene rings is 3. The second kappa shape index (κ2) is 12.0. The number of esters is 1. The summed E-state index contributed by atoms with van der Waals surface area (Å²) in [5.41, 5.74) is 8.34. The van der Waals surface area contributed by atoms with Gasteiger partial charge < -0.3 is 25.2 Å². The summed E-state index contributed by atoms with van der Waals surface area (Å²) in [5.74, 6) is 5.51. The number of carbonyl (C=O) groups excluding carboxylic acids is 1. The summed E-state index contributed by atoms with van der Waals surface area (Å²) < 4.78 is 11.5. The monoisotopic (exact) mass is 504 g/mol. The number of amidine groups is 1. The van der Waals surface area contributed by atoms with Crippen molar-refractivity contribution in [1.82, 2.24) is 4.90 Å². The summed E-state index contributed by atoms with van der Waals surface area (Å²) in [5, 5.41) is 8.91. The molecular weight excluding hydrogens is 476 g/mol. The van der Waals surface area contributed by atoms with Crippen molar-refractivity contribution < 1.29 is 29.0 Å². The summed E-state index contributed by atoms with van der Waals surface area (Å²) in [7, 11) is 0. The molecule has 10 nitrogen and oxygen atoms in total. The molecule has 0 spiro atoms. The van der Waals surface area contributed by atoms with Crippen LogP contribution in [0, 0.1) is 0 Å². The van der Waals surface area contributed by atoms with Crippen LogP contribution in [0.15, 0.2) is 89.9 Å². The van der Waals surface area contributed by atoms with Crippen molar-refractivity contribution in [1.29, 1.82) is 0 Å². The standard InChI is InChI=1S/C27H28N4O6/c28-25(30-21-15-31(16-21)27(33)34)20-11-13-22(14-12-20)35-17-23(37-29)26(32)36-24(18-7-3-1-4-8-18)19-9-5-2-6-10-19/h1-14,21,23-24H,15-17,29H2,(H2,28,30)(H,33,34)/t23-/m0/s1. The van der Waals surface area contributed by atoms with Crippen molar-refractivity contribution in [3.8, 4) is 5.75 Å². The van der Waals surface area contributed by atoms with Crippen molar-refractivity contribution in [3.63, 3.8) is 0 Å². The van der Waals surface area contributed by atoms with Gasteiger partial charge in [-0.05, 0) is 35.4 Å². The number of nitrogens with two attached hydrogens (primary N) is 2. The summed E-state index contributed by atoms with van der Waals surface area (Å²) >= 11 is 0. The fourth-order valence-corrected chi connectivity index (χ4v) is 3.80. The van der Waals surface area contributed by atoms with E-state index < -0.39 is 24.3 Å². The van der Waals surface area contributed by atoms with E-state index >= 15 is 0 Å². The van der Waals surface area contributed by atoms with Crippen molar-refractivity contribution in [2.45, 2.75) is 18.2 Å². The van der Waals surface area contributed by atoms with E-state index in [1.807, 2.05) is 60.7 Å². The third-order valence-electron chi connectivity index (χ3n) is 5.87. The van der Waals surface area contributed by atoms with Crippen LogP contribution in [-0.2, 0) is 14.4 Å². The minimum atomic E-state index is -1.16.